The summed E-state index contributed by atoms with van der Waals surface area (Å²) in [5.74, 6) is 3.78. The average molecular weight is 355 g/mol. The molecule has 1 saturated carbocycles. The zero-order valence-electron chi connectivity index (χ0n) is 10.3. The van der Waals surface area contributed by atoms with Gasteiger partial charge in [-0.1, -0.05) is 0 Å². The predicted octanol–water partition coefficient (Wildman–Crippen LogP) is 3.57. The molecule has 1 aliphatic carbocycles. The maximum atomic E-state index is 5.61. The molecular formula is C13H14IN3O. The normalized spacial score (nSPS) is 14.8. The molecule has 5 heteroatoms. The molecule has 4 nitrogen and oxygen atoms in total. The van der Waals surface area contributed by atoms with Crippen LogP contribution in [0.1, 0.15) is 30.2 Å². The monoisotopic (exact) mass is 355 g/mol. The van der Waals surface area contributed by atoms with Crippen molar-refractivity contribution in [2.75, 3.05) is 12.4 Å². The Kier molecular flexibility index (Phi) is 3.01. The van der Waals surface area contributed by atoms with E-state index in [1.807, 2.05) is 26.1 Å². The first kappa shape index (κ1) is 12.0. The summed E-state index contributed by atoms with van der Waals surface area (Å²) >= 11 is 2.32. The molecule has 0 atom stereocenters. The summed E-state index contributed by atoms with van der Waals surface area (Å²) in [7, 11) is 1.89. The molecule has 1 N–H and O–H groups in total. The van der Waals surface area contributed by atoms with E-state index in [0.717, 1.165) is 26.6 Å². The Balaban J connectivity index is 2.12. The number of nitrogens with one attached hydrogen (secondary N) is 1. The number of hydrogen-bond acceptors (Lipinski definition) is 4. The van der Waals surface area contributed by atoms with Crippen molar-refractivity contribution in [3.05, 3.63) is 27.2 Å². The lowest BCUT2D eigenvalue weighted by Crippen LogP contribution is -2.04. The Morgan fingerprint density at radius 3 is 2.67 bits per heavy atom. The van der Waals surface area contributed by atoms with E-state index in [2.05, 4.69) is 37.9 Å². The molecule has 0 aliphatic heterocycles. The van der Waals surface area contributed by atoms with E-state index in [1.54, 1.807) is 0 Å². The van der Waals surface area contributed by atoms with E-state index in [9.17, 15) is 0 Å². The molecule has 1 fully saturated rings. The van der Waals surface area contributed by atoms with E-state index in [0.29, 0.717) is 11.7 Å². The third-order valence-corrected chi connectivity index (χ3v) is 4.10. The van der Waals surface area contributed by atoms with Gasteiger partial charge in [-0.15, -0.1) is 0 Å². The van der Waals surface area contributed by atoms with Crippen molar-refractivity contribution in [1.29, 1.82) is 0 Å². The SMILES string of the molecule is CNc1nc(-c2ccc(C)o2)nc(C2CC2)c1I. The maximum Gasteiger partial charge on any atom is 0.197 e. The van der Waals surface area contributed by atoms with Crippen LogP contribution in [0.25, 0.3) is 11.6 Å². The summed E-state index contributed by atoms with van der Waals surface area (Å²) in [6, 6.07) is 3.86. The number of aryl methyl sites for hydroxylation is 1. The third-order valence-electron chi connectivity index (χ3n) is 3.04. The molecule has 1 aliphatic rings. The number of furan rings is 1. The summed E-state index contributed by atoms with van der Waals surface area (Å²) in [4.78, 5) is 9.20. The fraction of sp³-hybridized carbons (Fsp3) is 0.385. The van der Waals surface area contributed by atoms with Gasteiger partial charge >= 0.3 is 0 Å². The number of halogens is 1. The molecule has 2 heterocycles. The van der Waals surface area contributed by atoms with Gasteiger partial charge < -0.3 is 9.73 Å². The van der Waals surface area contributed by atoms with Gasteiger partial charge in [-0.25, -0.2) is 9.97 Å². The standard InChI is InChI=1S/C13H14IN3O/c1-7-3-6-9(18-7)12-16-11(8-4-5-8)10(14)13(15-2)17-12/h3,6,8H,4-5H2,1-2H3,(H,15,16,17). The molecule has 0 amide bonds. The summed E-state index contributed by atoms with van der Waals surface area (Å²) in [6.07, 6.45) is 2.46. The van der Waals surface area contributed by atoms with Crippen molar-refractivity contribution in [1.82, 2.24) is 9.97 Å². The van der Waals surface area contributed by atoms with Crippen LogP contribution < -0.4 is 5.32 Å². The second-order valence-corrected chi connectivity index (χ2v) is 5.61. The number of rotatable bonds is 3. The van der Waals surface area contributed by atoms with Crippen molar-refractivity contribution in [2.45, 2.75) is 25.7 Å². The van der Waals surface area contributed by atoms with Crippen LogP contribution in [-0.2, 0) is 0 Å². The zero-order chi connectivity index (χ0) is 12.7. The maximum absolute atomic E-state index is 5.61. The van der Waals surface area contributed by atoms with Crippen molar-refractivity contribution >= 4 is 28.4 Å². The van der Waals surface area contributed by atoms with Crippen LogP contribution in [0.3, 0.4) is 0 Å². The van der Waals surface area contributed by atoms with E-state index in [1.165, 1.54) is 12.8 Å². The molecule has 0 bridgehead atoms. The second kappa shape index (κ2) is 4.53. The van der Waals surface area contributed by atoms with Crippen molar-refractivity contribution < 1.29 is 4.42 Å². The van der Waals surface area contributed by atoms with Gasteiger partial charge in [0, 0.05) is 13.0 Å². The fourth-order valence-electron chi connectivity index (χ4n) is 1.92. The van der Waals surface area contributed by atoms with Crippen LogP contribution >= 0.6 is 22.6 Å². The van der Waals surface area contributed by atoms with E-state index < -0.39 is 0 Å². The van der Waals surface area contributed by atoms with Crippen molar-refractivity contribution in [3.8, 4) is 11.6 Å². The van der Waals surface area contributed by atoms with Gasteiger partial charge in [-0.05, 0) is 54.5 Å². The molecule has 0 saturated heterocycles. The lowest BCUT2D eigenvalue weighted by atomic mass is 10.2. The smallest absolute Gasteiger partial charge is 0.197 e. The number of nitrogens with zero attached hydrogens (tertiary/aromatic N) is 2. The molecule has 18 heavy (non-hydrogen) atoms. The topological polar surface area (TPSA) is 51.0 Å². The van der Waals surface area contributed by atoms with Crippen LogP contribution in [0.15, 0.2) is 16.5 Å². The average Bonchev–Trinajstić information content (AvgIpc) is 3.12. The second-order valence-electron chi connectivity index (χ2n) is 4.53. The van der Waals surface area contributed by atoms with Crippen LogP contribution in [-0.4, -0.2) is 17.0 Å². The van der Waals surface area contributed by atoms with Gasteiger partial charge in [0.2, 0.25) is 0 Å². The lowest BCUT2D eigenvalue weighted by molar-refractivity contribution is 0.543. The minimum Gasteiger partial charge on any atom is -0.458 e. The van der Waals surface area contributed by atoms with Gasteiger partial charge in [0.05, 0.1) is 9.26 Å². The van der Waals surface area contributed by atoms with Gasteiger partial charge in [0.25, 0.3) is 0 Å². The highest BCUT2D eigenvalue weighted by Crippen LogP contribution is 2.42. The number of anilines is 1. The first-order valence-corrected chi connectivity index (χ1v) is 7.09. The Hall–Kier alpha value is -1.11. The first-order chi connectivity index (χ1) is 8.69. The molecule has 2 aromatic rings. The summed E-state index contributed by atoms with van der Waals surface area (Å²) < 4.78 is 6.74. The minimum atomic E-state index is 0.599. The lowest BCUT2D eigenvalue weighted by Gasteiger charge is -2.09. The van der Waals surface area contributed by atoms with Crippen molar-refractivity contribution in [3.63, 3.8) is 0 Å². The molecular weight excluding hydrogens is 341 g/mol. The van der Waals surface area contributed by atoms with Crippen LogP contribution in [0, 0.1) is 10.5 Å². The molecule has 0 radical (unpaired) electrons. The highest BCUT2D eigenvalue weighted by molar-refractivity contribution is 14.1. The quantitative estimate of drug-likeness (QED) is 0.856. The largest absolute Gasteiger partial charge is 0.458 e. The van der Waals surface area contributed by atoms with Crippen LogP contribution in [0.2, 0.25) is 0 Å². The summed E-state index contributed by atoms with van der Waals surface area (Å²) in [6.45, 7) is 1.93. The number of aromatic nitrogens is 2. The van der Waals surface area contributed by atoms with Gasteiger partial charge in [0.1, 0.15) is 11.6 Å². The minimum absolute atomic E-state index is 0.599. The molecule has 0 aromatic carbocycles. The Morgan fingerprint density at radius 2 is 2.11 bits per heavy atom. The van der Waals surface area contributed by atoms with Gasteiger partial charge in [-0.3, -0.25) is 0 Å². The molecule has 0 unspecified atom stereocenters. The van der Waals surface area contributed by atoms with Gasteiger partial charge in [-0.2, -0.15) is 0 Å². The zero-order valence-corrected chi connectivity index (χ0v) is 12.5. The predicted molar refractivity (Wildman–Crippen MR) is 78.7 cm³/mol. The van der Waals surface area contributed by atoms with E-state index in [4.69, 9.17) is 4.42 Å². The van der Waals surface area contributed by atoms with Crippen LogP contribution in [0.5, 0.6) is 0 Å². The Morgan fingerprint density at radius 1 is 1.33 bits per heavy atom. The Bertz CT molecular complexity index is 590. The van der Waals surface area contributed by atoms with E-state index >= 15 is 0 Å². The molecule has 94 valence electrons. The molecule has 3 rings (SSSR count). The molecule has 2 aromatic heterocycles. The summed E-state index contributed by atoms with van der Waals surface area (Å²) in [5.41, 5.74) is 1.15. The number of hydrogen-bond donors (Lipinski definition) is 1. The highest BCUT2D eigenvalue weighted by atomic mass is 127. The third kappa shape index (κ3) is 2.11. The van der Waals surface area contributed by atoms with E-state index in [-0.39, 0.29) is 0 Å². The molecule has 0 spiro atoms. The fourth-order valence-corrected chi connectivity index (χ4v) is 2.87. The van der Waals surface area contributed by atoms with Crippen LogP contribution in [0.4, 0.5) is 5.82 Å². The van der Waals surface area contributed by atoms with Crippen molar-refractivity contribution in [2.24, 2.45) is 0 Å². The summed E-state index contributed by atoms with van der Waals surface area (Å²) in [5, 5.41) is 3.13. The Labute approximate surface area is 119 Å². The van der Waals surface area contributed by atoms with Gasteiger partial charge in [0.15, 0.2) is 11.6 Å². The first-order valence-electron chi connectivity index (χ1n) is 6.01. The highest BCUT2D eigenvalue weighted by Gasteiger charge is 2.29.